The summed E-state index contributed by atoms with van der Waals surface area (Å²) in [6.45, 7) is 6.08. The molecular weight excluding hydrogens is 98.1 g/mol. The molecule has 0 amide bonds. The Bertz CT molecular complexity index is 104. The van der Waals surface area contributed by atoms with Gasteiger partial charge < -0.3 is 0 Å². The summed E-state index contributed by atoms with van der Waals surface area (Å²) >= 11 is 0. The lowest BCUT2D eigenvalue weighted by Gasteiger charge is -1.93. The topological polar surface area (TPSA) is 12.4 Å². The van der Waals surface area contributed by atoms with Gasteiger partial charge in [-0.25, -0.2) is 0 Å². The van der Waals surface area contributed by atoms with Crippen LogP contribution in [-0.2, 0) is 0 Å². The molecule has 0 radical (unpaired) electrons. The summed E-state index contributed by atoms with van der Waals surface area (Å²) in [7, 11) is 1.81. The summed E-state index contributed by atoms with van der Waals surface area (Å²) in [6, 6.07) is 0. The molecular formula is C7H13N. The standard InChI is InChI=1S/C7H13N/c1-5-6(2)7(3)8-4/h5H,1-4H3/b6-5+,8-7+. The van der Waals surface area contributed by atoms with Gasteiger partial charge in [0.25, 0.3) is 0 Å². The van der Waals surface area contributed by atoms with Crippen LogP contribution in [0.4, 0.5) is 0 Å². The summed E-state index contributed by atoms with van der Waals surface area (Å²) in [4.78, 5) is 4.01. The van der Waals surface area contributed by atoms with E-state index in [9.17, 15) is 0 Å². The third-order valence-corrected chi connectivity index (χ3v) is 1.34. The van der Waals surface area contributed by atoms with Crippen molar-refractivity contribution in [2.75, 3.05) is 7.05 Å². The molecule has 0 atom stereocenters. The third kappa shape index (κ3) is 1.92. The minimum atomic E-state index is 1.12. The highest BCUT2D eigenvalue weighted by atomic mass is 14.7. The average Bonchev–Trinajstić information content (AvgIpc) is 1.84. The first kappa shape index (κ1) is 7.41. The van der Waals surface area contributed by atoms with E-state index in [-0.39, 0.29) is 0 Å². The van der Waals surface area contributed by atoms with Crippen molar-refractivity contribution in [2.24, 2.45) is 4.99 Å². The van der Waals surface area contributed by atoms with Crippen molar-refractivity contribution >= 4 is 5.71 Å². The van der Waals surface area contributed by atoms with Gasteiger partial charge in [-0.05, 0) is 26.3 Å². The molecule has 0 aromatic heterocycles. The van der Waals surface area contributed by atoms with E-state index in [0.717, 1.165) is 5.71 Å². The lowest BCUT2D eigenvalue weighted by atomic mass is 10.2. The summed E-state index contributed by atoms with van der Waals surface area (Å²) in [6.07, 6.45) is 2.06. The second-order valence-corrected chi connectivity index (χ2v) is 1.78. The second-order valence-electron chi connectivity index (χ2n) is 1.78. The molecule has 0 spiro atoms. The molecule has 8 heavy (non-hydrogen) atoms. The Hall–Kier alpha value is -0.590. The number of hydrogen-bond acceptors (Lipinski definition) is 1. The SMILES string of the molecule is C/C=C(C)/C(C)=N/C. The molecule has 0 fully saturated rings. The summed E-state index contributed by atoms with van der Waals surface area (Å²) in [5.41, 5.74) is 2.38. The first-order valence-electron chi connectivity index (χ1n) is 2.79. The first-order chi connectivity index (χ1) is 3.72. The minimum Gasteiger partial charge on any atom is -0.293 e. The van der Waals surface area contributed by atoms with Crippen molar-refractivity contribution in [2.45, 2.75) is 20.8 Å². The Labute approximate surface area is 51.1 Å². The average molecular weight is 111 g/mol. The maximum absolute atomic E-state index is 4.01. The fourth-order valence-electron chi connectivity index (χ4n) is 0.385. The van der Waals surface area contributed by atoms with Crippen LogP contribution in [0, 0.1) is 0 Å². The largest absolute Gasteiger partial charge is 0.293 e. The Kier molecular flexibility index (Phi) is 3.16. The molecule has 0 saturated carbocycles. The number of hydrogen-bond donors (Lipinski definition) is 0. The monoisotopic (exact) mass is 111 g/mol. The highest BCUT2D eigenvalue weighted by Gasteiger charge is 1.86. The van der Waals surface area contributed by atoms with Crippen LogP contribution in [0.25, 0.3) is 0 Å². The van der Waals surface area contributed by atoms with Gasteiger partial charge in [-0.2, -0.15) is 0 Å². The lowest BCUT2D eigenvalue weighted by Crippen LogP contribution is -1.90. The highest BCUT2D eigenvalue weighted by Crippen LogP contribution is 1.93. The Morgan fingerprint density at radius 3 is 2.00 bits per heavy atom. The van der Waals surface area contributed by atoms with E-state index in [1.54, 1.807) is 0 Å². The number of allylic oxidation sites excluding steroid dienone is 2. The fourth-order valence-corrected chi connectivity index (χ4v) is 0.385. The molecule has 0 aliphatic rings. The van der Waals surface area contributed by atoms with E-state index in [4.69, 9.17) is 0 Å². The van der Waals surface area contributed by atoms with Gasteiger partial charge in [0.1, 0.15) is 0 Å². The summed E-state index contributed by atoms with van der Waals surface area (Å²) in [5.74, 6) is 0. The molecule has 0 aromatic carbocycles. The molecule has 1 nitrogen and oxygen atoms in total. The number of aliphatic imine (C=N–C) groups is 1. The van der Waals surface area contributed by atoms with Crippen molar-refractivity contribution in [1.82, 2.24) is 0 Å². The summed E-state index contributed by atoms with van der Waals surface area (Å²) in [5, 5.41) is 0. The van der Waals surface area contributed by atoms with Crippen LogP contribution in [-0.4, -0.2) is 12.8 Å². The zero-order valence-electron chi connectivity index (χ0n) is 6.02. The Balaban J connectivity index is 4.04. The number of nitrogens with zero attached hydrogens (tertiary/aromatic N) is 1. The highest BCUT2D eigenvalue weighted by molar-refractivity contribution is 5.97. The van der Waals surface area contributed by atoms with Crippen molar-refractivity contribution in [3.63, 3.8) is 0 Å². The van der Waals surface area contributed by atoms with Gasteiger partial charge >= 0.3 is 0 Å². The summed E-state index contributed by atoms with van der Waals surface area (Å²) < 4.78 is 0. The number of rotatable bonds is 1. The molecule has 0 aliphatic carbocycles. The molecule has 0 aromatic rings. The lowest BCUT2D eigenvalue weighted by molar-refractivity contribution is 1.38. The van der Waals surface area contributed by atoms with Crippen LogP contribution in [0.5, 0.6) is 0 Å². The molecule has 0 unspecified atom stereocenters. The molecule has 0 bridgehead atoms. The van der Waals surface area contributed by atoms with E-state index in [0.29, 0.717) is 0 Å². The van der Waals surface area contributed by atoms with Crippen LogP contribution in [0.3, 0.4) is 0 Å². The molecule has 46 valence electrons. The van der Waals surface area contributed by atoms with E-state index >= 15 is 0 Å². The fraction of sp³-hybridized carbons (Fsp3) is 0.571. The van der Waals surface area contributed by atoms with Crippen LogP contribution in [0.15, 0.2) is 16.6 Å². The van der Waals surface area contributed by atoms with Crippen molar-refractivity contribution in [1.29, 1.82) is 0 Å². The Morgan fingerprint density at radius 2 is 1.88 bits per heavy atom. The van der Waals surface area contributed by atoms with E-state index < -0.39 is 0 Å². The van der Waals surface area contributed by atoms with Crippen molar-refractivity contribution in [3.8, 4) is 0 Å². The van der Waals surface area contributed by atoms with Gasteiger partial charge in [-0.1, -0.05) is 6.08 Å². The molecule has 0 rings (SSSR count). The smallest absolute Gasteiger partial charge is 0.0339 e. The molecule has 1 heteroatoms. The third-order valence-electron chi connectivity index (χ3n) is 1.34. The van der Waals surface area contributed by atoms with Crippen LogP contribution >= 0.6 is 0 Å². The quantitative estimate of drug-likeness (QED) is 0.459. The van der Waals surface area contributed by atoms with Gasteiger partial charge in [0.2, 0.25) is 0 Å². The zero-order valence-corrected chi connectivity index (χ0v) is 6.02. The molecule has 0 aliphatic heterocycles. The van der Waals surface area contributed by atoms with Crippen LogP contribution in [0.2, 0.25) is 0 Å². The normalized spacial score (nSPS) is 14.5. The Morgan fingerprint density at radius 1 is 1.38 bits per heavy atom. The van der Waals surface area contributed by atoms with Crippen LogP contribution < -0.4 is 0 Å². The predicted octanol–water partition coefficient (Wildman–Crippen LogP) is 2.04. The molecule has 0 saturated heterocycles. The van der Waals surface area contributed by atoms with E-state index in [2.05, 4.69) is 18.0 Å². The predicted molar refractivity (Wildman–Crippen MR) is 38.5 cm³/mol. The van der Waals surface area contributed by atoms with E-state index in [1.807, 2.05) is 20.9 Å². The van der Waals surface area contributed by atoms with Crippen molar-refractivity contribution in [3.05, 3.63) is 11.6 Å². The van der Waals surface area contributed by atoms with Crippen molar-refractivity contribution < 1.29 is 0 Å². The van der Waals surface area contributed by atoms with Gasteiger partial charge in [0.15, 0.2) is 0 Å². The minimum absolute atomic E-state index is 1.12. The van der Waals surface area contributed by atoms with Gasteiger partial charge in [-0.3, -0.25) is 4.99 Å². The maximum Gasteiger partial charge on any atom is 0.0339 e. The maximum atomic E-state index is 4.01. The molecule has 0 N–H and O–H groups in total. The van der Waals surface area contributed by atoms with E-state index in [1.165, 1.54) is 5.57 Å². The molecule has 0 heterocycles. The first-order valence-corrected chi connectivity index (χ1v) is 2.79. The van der Waals surface area contributed by atoms with Gasteiger partial charge in [0.05, 0.1) is 0 Å². The second kappa shape index (κ2) is 3.42. The van der Waals surface area contributed by atoms with Gasteiger partial charge in [-0.15, -0.1) is 0 Å². The van der Waals surface area contributed by atoms with Crippen LogP contribution in [0.1, 0.15) is 20.8 Å². The van der Waals surface area contributed by atoms with Gasteiger partial charge in [0, 0.05) is 12.8 Å². The zero-order chi connectivity index (χ0) is 6.57.